The summed E-state index contributed by atoms with van der Waals surface area (Å²) >= 11 is 3.46. The van der Waals surface area contributed by atoms with Crippen molar-refractivity contribution in [2.45, 2.75) is 39.0 Å². The van der Waals surface area contributed by atoms with Gasteiger partial charge in [0.15, 0.2) is 0 Å². The molecule has 0 aromatic heterocycles. The zero-order valence-corrected chi connectivity index (χ0v) is 20.9. The smallest absolute Gasteiger partial charge is 0.343 e. The van der Waals surface area contributed by atoms with Gasteiger partial charge < -0.3 is 14.2 Å². The van der Waals surface area contributed by atoms with Crippen molar-refractivity contribution in [3.8, 4) is 11.5 Å². The molecule has 0 N–H and O–H groups in total. The highest BCUT2D eigenvalue weighted by molar-refractivity contribution is 9.10. The first-order valence-electron chi connectivity index (χ1n) is 11.5. The summed E-state index contributed by atoms with van der Waals surface area (Å²) in [6.07, 6.45) is 5.14. The summed E-state index contributed by atoms with van der Waals surface area (Å²) in [7, 11) is 0. The third-order valence-electron chi connectivity index (χ3n) is 5.17. The van der Waals surface area contributed by atoms with Crippen molar-refractivity contribution in [1.82, 2.24) is 0 Å². The van der Waals surface area contributed by atoms with Crippen LogP contribution in [0.1, 0.15) is 58.9 Å². The van der Waals surface area contributed by atoms with Crippen molar-refractivity contribution in [3.63, 3.8) is 0 Å². The van der Waals surface area contributed by atoms with Gasteiger partial charge in [-0.3, -0.25) is 0 Å². The summed E-state index contributed by atoms with van der Waals surface area (Å²) in [4.78, 5) is 25.0. The van der Waals surface area contributed by atoms with Crippen molar-refractivity contribution in [3.05, 3.63) is 94.0 Å². The van der Waals surface area contributed by atoms with E-state index in [0.29, 0.717) is 34.4 Å². The largest absolute Gasteiger partial charge is 0.492 e. The Morgan fingerprint density at radius 3 is 2.35 bits per heavy atom. The second kappa shape index (κ2) is 13.6. The van der Waals surface area contributed by atoms with E-state index >= 15 is 0 Å². The number of carbonyl (C=O) groups is 2. The molecule has 0 spiro atoms. The summed E-state index contributed by atoms with van der Waals surface area (Å²) in [5, 5.41) is 0. The number of carbonyl (C=O) groups excluding carboxylic acids is 2. The minimum absolute atomic E-state index is 0.272. The van der Waals surface area contributed by atoms with Gasteiger partial charge in [-0.25, -0.2) is 9.59 Å². The number of unbranched alkanes of at least 4 members (excludes halogenated alkanes) is 3. The average Bonchev–Trinajstić information content (AvgIpc) is 2.85. The van der Waals surface area contributed by atoms with Gasteiger partial charge in [-0.15, -0.1) is 0 Å². The fraction of sp³-hybridized carbons (Fsp3) is 0.286. The predicted molar refractivity (Wildman–Crippen MR) is 136 cm³/mol. The molecule has 6 heteroatoms. The zero-order chi connectivity index (χ0) is 24.2. The normalized spacial score (nSPS) is 10.5. The van der Waals surface area contributed by atoms with E-state index in [1.807, 2.05) is 30.3 Å². The molecule has 0 fully saturated rings. The minimum atomic E-state index is -0.523. The predicted octanol–water partition coefficient (Wildman–Crippen LogP) is 7.03. The summed E-state index contributed by atoms with van der Waals surface area (Å²) < 4.78 is 17.3. The standard InChI is InChI=1S/C28H29BrO5/c1-2-3-4-8-17-32-26-15-14-23(20-25(26)29)28(31)34-24-13-9-12-22(19-24)27(30)33-18-16-21-10-6-5-7-11-21/h5-7,9-15,19-20H,2-4,8,16-18H2,1H3. The van der Waals surface area contributed by atoms with Crippen LogP contribution in [0, 0.1) is 0 Å². The maximum Gasteiger partial charge on any atom is 0.343 e. The molecule has 3 aromatic rings. The number of rotatable bonds is 12. The van der Waals surface area contributed by atoms with Crippen molar-refractivity contribution >= 4 is 27.9 Å². The summed E-state index contributed by atoms with van der Waals surface area (Å²) in [6, 6.07) is 21.3. The van der Waals surface area contributed by atoms with Gasteiger partial charge in [-0.1, -0.05) is 62.6 Å². The zero-order valence-electron chi connectivity index (χ0n) is 19.3. The molecule has 0 aliphatic carbocycles. The molecule has 34 heavy (non-hydrogen) atoms. The van der Waals surface area contributed by atoms with Gasteiger partial charge in [0.05, 0.1) is 28.8 Å². The van der Waals surface area contributed by atoms with Crippen LogP contribution in [-0.4, -0.2) is 25.2 Å². The molecule has 0 aliphatic heterocycles. The van der Waals surface area contributed by atoms with Crippen LogP contribution in [0.5, 0.6) is 11.5 Å². The van der Waals surface area contributed by atoms with Crippen LogP contribution in [0.15, 0.2) is 77.3 Å². The SMILES string of the molecule is CCCCCCOc1ccc(C(=O)Oc2cccc(C(=O)OCCc3ccccc3)c2)cc1Br. The van der Waals surface area contributed by atoms with Crippen LogP contribution in [0.3, 0.4) is 0 Å². The van der Waals surface area contributed by atoms with Crippen LogP contribution in [0.4, 0.5) is 0 Å². The summed E-state index contributed by atoms with van der Waals surface area (Å²) in [5.74, 6) is -0.0232. The topological polar surface area (TPSA) is 61.8 Å². The van der Waals surface area contributed by atoms with Crippen molar-refractivity contribution < 1.29 is 23.8 Å². The molecule has 0 saturated heterocycles. The Bertz CT molecular complexity index is 1080. The summed E-state index contributed by atoms with van der Waals surface area (Å²) in [6.45, 7) is 3.08. The molecule has 0 radical (unpaired) electrons. The van der Waals surface area contributed by atoms with Gasteiger partial charge in [-0.2, -0.15) is 0 Å². The minimum Gasteiger partial charge on any atom is -0.492 e. The van der Waals surface area contributed by atoms with Gasteiger partial charge >= 0.3 is 11.9 Å². The molecule has 0 atom stereocenters. The molecule has 0 aliphatic rings. The maximum atomic E-state index is 12.6. The van der Waals surface area contributed by atoms with Gasteiger partial charge in [-0.05, 0) is 64.3 Å². The Balaban J connectivity index is 1.53. The van der Waals surface area contributed by atoms with E-state index in [0.717, 1.165) is 18.4 Å². The quantitative estimate of drug-likeness (QED) is 0.144. The Labute approximate surface area is 209 Å². The highest BCUT2D eigenvalue weighted by Crippen LogP contribution is 2.27. The lowest BCUT2D eigenvalue weighted by atomic mass is 10.2. The molecule has 3 rings (SSSR count). The third kappa shape index (κ3) is 8.03. The first-order valence-corrected chi connectivity index (χ1v) is 12.3. The Morgan fingerprint density at radius 1 is 0.794 bits per heavy atom. The van der Waals surface area contributed by atoms with Gasteiger partial charge in [0.2, 0.25) is 0 Å². The van der Waals surface area contributed by atoms with Crippen LogP contribution in [0.2, 0.25) is 0 Å². The molecule has 3 aromatic carbocycles. The monoisotopic (exact) mass is 524 g/mol. The van der Waals surface area contributed by atoms with Crippen LogP contribution in [-0.2, 0) is 11.2 Å². The first kappa shape index (κ1) is 25.5. The lowest BCUT2D eigenvalue weighted by Gasteiger charge is -2.10. The lowest BCUT2D eigenvalue weighted by Crippen LogP contribution is -2.11. The van der Waals surface area contributed by atoms with Crippen LogP contribution < -0.4 is 9.47 Å². The number of halogens is 1. The Hall–Kier alpha value is -3.12. The highest BCUT2D eigenvalue weighted by atomic mass is 79.9. The molecule has 5 nitrogen and oxygen atoms in total. The second-order valence-corrected chi connectivity index (χ2v) is 8.70. The second-order valence-electron chi connectivity index (χ2n) is 7.84. The van der Waals surface area contributed by atoms with E-state index in [9.17, 15) is 9.59 Å². The third-order valence-corrected chi connectivity index (χ3v) is 5.79. The van der Waals surface area contributed by atoms with Crippen molar-refractivity contribution in [2.24, 2.45) is 0 Å². The number of hydrogen-bond acceptors (Lipinski definition) is 5. The number of benzene rings is 3. The highest BCUT2D eigenvalue weighted by Gasteiger charge is 2.14. The van der Waals surface area contributed by atoms with Crippen LogP contribution >= 0.6 is 15.9 Å². The summed E-state index contributed by atoms with van der Waals surface area (Å²) in [5.41, 5.74) is 1.80. The molecular formula is C28H29BrO5. The van der Waals surface area contributed by atoms with Gasteiger partial charge in [0, 0.05) is 6.42 Å². The molecule has 178 valence electrons. The van der Waals surface area contributed by atoms with Crippen molar-refractivity contribution in [1.29, 1.82) is 0 Å². The van der Waals surface area contributed by atoms with Gasteiger partial charge in [0.1, 0.15) is 11.5 Å². The number of hydrogen-bond donors (Lipinski definition) is 0. The molecule has 0 heterocycles. The van der Waals surface area contributed by atoms with E-state index < -0.39 is 11.9 Å². The van der Waals surface area contributed by atoms with E-state index in [4.69, 9.17) is 14.2 Å². The van der Waals surface area contributed by atoms with E-state index in [2.05, 4.69) is 22.9 Å². The van der Waals surface area contributed by atoms with E-state index in [-0.39, 0.29) is 12.4 Å². The average molecular weight is 525 g/mol. The van der Waals surface area contributed by atoms with Gasteiger partial charge in [0.25, 0.3) is 0 Å². The van der Waals surface area contributed by atoms with E-state index in [1.165, 1.54) is 18.9 Å². The molecule has 0 bridgehead atoms. The fourth-order valence-electron chi connectivity index (χ4n) is 3.30. The first-order chi connectivity index (χ1) is 16.6. The Morgan fingerprint density at radius 2 is 1.59 bits per heavy atom. The lowest BCUT2D eigenvalue weighted by molar-refractivity contribution is 0.0507. The fourth-order valence-corrected chi connectivity index (χ4v) is 3.79. The molecule has 0 saturated carbocycles. The molecule has 0 unspecified atom stereocenters. The maximum absolute atomic E-state index is 12.6. The number of ether oxygens (including phenoxy) is 3. The Kier molecular flexibility index (Phi) is 10.2. The number of esters is 2. The van der Waals surface area contributed by atoms with E-state index in [1.54, 1.807) is 36.4 Å². The van der Waals surface area contributed by atoms with Crippen LogP contribution in [0.25, 0.3) is 0 Å². The van der Waals surface area contributed by atoms with Crippen molar-refractivity contribution in [2.75, 3.05) is 13.2 Å². The molecule has 0 amide bonds. The molecular weight excluding hydrogens is 496 g/mol.